The van der Waals surface area contributed by atoms with E-state index in [4.69, 9.17) is 0 Å². The van der Waals surface area contributed by atoms with Crippen LogP contribution in [-0.2, 0) is 23.2 Å². The Morgan fingerprint density at radius 3 is 2.62 bits per heavy atom. The summed E-state index contributed by atoms with van der Waals surface area (Å²) in [5.41, 5.74) is 1.69. The highest BCUT2D eigenvalue weighted by molar-refractivity contribution is 6.39. The molecule has 0 aliphatic rings. The van der Waals surface area contributed by atoms with E-state index in [1.165, 1.54) is 4.68 Å². The molecule has 1 aromatic carbocycles. The van der Waals surface area contributed by atoms with E-state index < -0.39 is 11.8 Å². The van der Waals surface area contributed by atoms with Crippen LogP contribution in [-0.4, -0.2) is 31.4 Å². The molecule has 3 rings (SSSR count). The van der Waals surface area contributed by atoms with Gasteiger partial charge in [-0.25, -0.2) is 4.68 Å². The Balaban J connectivity index is 1.63. The molecule has 0 aliphatic heterocycles. The number of para-hydroxylation sites is 1. The lowest BCUT2D eigenvalue weighted by Gasteiger charge is -2.10. The zero-order valence-corrected chi connectivity index (χ0v) is 13.0. The normalized spacial score (nSPS) is 10.4. The predicted octanol–water partition coefficient (Wildman–Crippen LogP) is 0.861. The van der Waals surface area contributed by atoms with Gasteiger partial charge in [-0.2, -0.15) is 10.2 Å². The summed E-state index contributed by atoms with van der Waals surface area (Å²) in [5, 5.41) is 13.2. The Kier molecular flexibility index (Phi) is 4.37. The molecule has 122 valence electrons. The maximum absolute atomic E-state index is 11.9. The van der Waals surface area contributed by atoms with Crippen LogP contribution < -0.4 is 10.6 Å². The number of benzene rings is 1. The summed E-state index contributed by atoms with van der Waals surface area (Å²) < 4.78 is 3.24. The Hall–Kier alpha value is -3.42. The second kappa shape index (κ2) is 6.78. The summed E-state index contributed by atoms with van der Waals surface area (Å²) in [6.45, 7) is 0.213. The van der Waals surface area contributed by atoms with Gasteiger partial charge in [0.05, 0.1) is 5.69 Å². The summed E-state index contributed by atoms with van der Waals surface area (Å²) in [6.07, 6.45) is 5.16. The lowest BCUT2D eigenvalue weighted by molar-refractivity contribution is -0.136. The van der Waals surface area contributed by atoms with Gasteiger partial charge in [-0.15, -0.1) is 0 Å². The molecule has 0 atom stereocenters. The predicted molar refractivity (Wildman–Crippen MR) is 87.2 cm³/mol. The molecule has 0 saturated heterocycles. The maximum atomic E-state index is 11.9. The summed E-state index contributed by atoms with van der Waals surface area (Å²) in [7, 11) is 1.72. The number of hydrogen-bond acceptors (Lipinski definition) is 4. The fourth-order valence-electron chi connectivity index (χ4n) is 2.21. The van der Waals surface area contributed by atoms with E-state index in [0.29, 0.717) is 5.82 Å². The van der Waals surface area contributed by atoms with Crippen LogP contribution in [0.5, 0.6) is 0 Å². The molecule has 0 unspecified atom stereocenters. The van der Waals surface area contributed by atoms with Gasteiger partial charge in [0.25, 0.3) is 0 Å². The lowest BCUT2D eigenvalue weighted by atomic mass is 10.2. The Labute approximate surface area is 138 Å². The van der Waals surface area contributed by atoms with Crippen molar-refractivity contribution < 1.29 is 9.59 Å². The van der Waals surface area contributed by atoms with Gasteiger partial charge in [-0.3, -0.25) is 14.3 Å². The van der Waals surface area contributed by atoms with Gasteiger partial charge in [0.15, 0.2) is 5.82 Å². The number of anilines is 1. The number of carbonyl (C=O) groups excluding carboxylic acids is 2. The average molecular weight is 324 g/mol. The minimum Gasteiger partial charge on any atom is -0.344 e. The van der Waals surface area contributed by atoms with Crippen molar-refractivity contribution in [2.24, 2.45) is 7.05 Å². The van der Waals surface area contributed by atoms with Crippen LogP contribution in [0.2, 0.25) is 0 Å². The van der Waals surface area contributed by atoms with Crippen molar-refractivity contribution in [1.29, 1.82) is 0 Å². The van der Waals surface area contributed by atoms with E-state index >= 15 is 0 Å². The Morgan fingerprint density at radius 2 is 1.92 bits per heavy atom. The third kappa shape index (κ3) is 3.49. The molecule has 2 N–H and O–H groups in total. The zero-order chi connectivity index (χ0) is 16.9. The van der Waals surface area contributed by atoms with Gasteiger partial charge >= 0.3 is 11.8 Å². The first-order valence-corrected chi connectivity index (χ1v) is 7.30. The van der Waals surface area contributed by atoms with E-state index in [9.17, 15) is 9.59 Å². The second-order valence-electron chi connectivity index (χ2n) is 5.09. The van der Waals surface area contributed by atoms with Crippen LogP contribution in [0.15, 0.2) is 55.0 Å². The highest BCUT2D eigenvalue weighted by atomic mass is 16.2. The number of carbonyl (C=O) groups is 2. The lowest BCUT2D eigenvalue weighted by Crippen LogP contribution is -2.35. The SMILES string of the molecule is Cn1ccc(NC(=O)C(=O)NCc2ccccc2-n2cccn2)n1. The molecule has 2 aromatic heterocycles. The van der Waals surface area contributed by atoms with E-state index in [1.807, 2.05) is 36.5 Å². The van der Waals surface area contributed by atoms with Crippen molar-refractivity contribution in [3.8, 4) is 5.69 Å². The summed E-state index contributed by atoms with van der Waals surface area (Å²) in [6, 6.07) is 10.9. The van der Waals surface area contributed by atoms with Gasteiger partial charge in [0.1, 0.15) is 0 Å². The van der Waals surface area contributed by atoms with E-state index in [2.05, 4.69) is 20.8 Å². The Bertz CT molecular complexity index is 853. The number of amides is 2. The third-order valence-electron chi connectivity index (χ3n) is 3.34. The Morgan fingerprint density at radius 1 is 1.08 bits per heavy atom. The zero-order valence-electron chi connectivity index (χ0n) is 13.0. The van der Waals surface area contributed by atoms with Crippen molar-refractivity contribution in [1.82, 2.24) is 24.9 Å². The van der Waals surface area contributed by atoms with Crippen molar-refractivity contribution in [3.05, 3.63) is 60.6 Å². The molecular formula is C16H16N6O2. The van der Waals surface area contributed by atoms with Crippen LogP contribution >= 0.6 is 0 Å². The molecule has 0 fully saturated rings. The molecule has 0 radical (unpaired) electrons. The molecule has 3 aromatic rings. The van der Waals surface area contributed by atoms with Crippen LogP contribution in [0.1, 0.15) is 5.56 Å². The number of nitrogens with one attached hydrogen (secondary N) is 2. The molecule has 24 heavy (non-hydrogen) atoms. The van der Waals surface area contributed by atoms with Crippen LogP contribution in [0.25, 0.3) is 5.69 Å². The first kappa shape index (κ1) is 15.5. The fourth-order valence-corrected chi connectivity index (χ4v) is 2.21. The molecule has 0 aliphatic carbocycles. The molecule has 8 nitrogen and oxygen atoms in total. The molecule has 0 spiro atoms. The number of nitrogens with zero attached hydrogens (tertiary/aromatic N) is 4. The van der Waals surface area contributed by atoms with Gasteiger partial charge < -0.3 is 10.6 Å². The minimum atomic E-state index is -0.759. The minimum absolute atomic E-state index is 0.213. The van der Waals surface area contributed by atoms with E-state index in [0.717, 1.165) is 11.3 Å². The van der Waals surface area contributed by atoms with Gasteiger partial charge in [0, 0.05) is 38.2 Å². The largest absolute Gasteiger partial charge is 0.344 e. The van der Waals surface area contributed by atoms with Crippen molar-refractivity contribution in [2.45, 2.75) is 6.54 Å². The molecule has 0 bridgehead atoms. The van der Waals surface area contributed by atoms with Gasteiger partial charge in [-0.05, 0) is 17.7 Å². The molecular weight excluding hydrogens is 308 g/mol. The van der Waals surface area contributed by atoms with Crippen LogP contribution in [0.3, 0.4) is 0 Å². The van der Waals surface area contributed by atoms with Crippen LogP contribution in [0.4, 0.5) is 5.82 Å². The standard InChI is InChI=1S/C16H16N6O2/c1-21-10-7-14(20-21)19-16(24)15(23)17-11-12-5-2-3-6-13(12)22-9-4-8-18-22/h2-10H,11H2,1H3,(H,17,23)(H,19,20,24). The first-order chi connectivity index (χ1) is 11.6. The number of rotatable bonds is 4. The maximum Gasteiger partial charge on any atom is 0.314 e. The summed E-state index contributed by atoms with van der Waals surface area (Å²) in [5.74, 6) is -1.16. The molecule has 2 amide bonds. The van der Waals surface area contributed by atoms with E-state index in [-0.39, 0.29) is 6.54 Å². The summed E-state index contributed by atoms with van der Waals surface area (Å²) >= 11 is 0. The smallest absolute Gasteiger partial charge is 0.314 e. The van der Waals surface area contributed by atoms with Gasteiger partial charge in [-0.1, -0.05) is 18.2 Å². The first-order valence-electron chi connectivity index (χ1n) is 7.30. The highest BCUT2D eigenvalue weighted by Crippen LogP contribution is 2.13. The third-order valence-corrected chi connectivity index (χ3v) is 3.34. The topological polar surface area (TPSA) is 93.8 Å². The average Bonchev–Trinajstić information content (AvgIpc) is 3.24. The highest BCUT2D eigenvalue weighted by Gasteiger charge is 2.15. The van der Waals surface area contributed by atoms with E-state index in [1.54, 1.807) is 30.2 Å². The quantitative estimate of drug-likeness (QED) is 0.696. The van der Waals surface area contributed by atoms with Crippen molar-refractivity contribution in [2.75, 3.05) is 5.32 Å². The molecule has 2 heterocycles. The van der Waals surface area contributed by atoms with Gasteiger partial charge in [0.2, 0.25) is 0 Å². The second-order valence-corrected chi connectivity index (χ2v) is 5.09. The van der Waals surface area contributed by atoms with Crippen LogP contribution in [0, 0.1) is 0 Å². The molecule has 8 heteroatoms. The molecule has 0 saturated carbocycles. The number of aromatic nitrogens is 4. The number of hydrogen-bond donors (Lipinski definition) is 2. The fraction of sp³-hybridized carbons (Fsp3) is 0.125. The van der Waals surface area contributed by atoms with Crippen molar-refractivity contribution >= 4 is 17.6 Å². The number of aryl methyl sites for hydroxylation is 1. The van der Waals surface area contributed by atoms with Crippen molar-refractivity contribution in [3.63, 3.8) is 0 Å². The monoisotopic (exact) mass is 324 g/mol. The summed E-state index contributed by atoms with van der Waals surface area (Å²) in [4.78, 5) is 23.8.